The Morgan fingerprint density at radius 2 is 1.71 bits per heavy atom. The van der Waals surface area contributed by atoms with E-state index in [-0.39, 0.29) is 13.2 Å². The molecule has 0 aliphatic carbocycles. The fourth-order valence-corrected chi connectivity index (χ4v) is 1.54. The summed E-state index contributed by atoms with van der Waals surface area (Å²) < 4.78 is 10.0. The number of nitrogens with one attached hydrogen (secondary N) is 2. The third kappa shape index (κ3) is 8.02. The van der Waals surface area contributed by atoms with Gasteiger partial charge in [-0.3, -0.25) is 10.2 Å². The predicted molar refractivity (Wildman–Crippen MR) is 86.8 cm³/mol. The van der Waals surface area contributed by atoms with Crippen molar-refractivity contribution in [2.45, 2.75) is 33.0 Å². The highest BCUT2D eigenvalue weighted by molar-refractivity contribution is 5.83. The van der Waals surface area contributed by atoms with E-state index >= 15 is 0 Å². The summed E-state index contributed by atoms with van der Waals surface area (Å²) in [5, 5.41) is 0. The molecule has 1 aromatic carbocycles. The largest absolute Gasteiger partial charge is 0.444 e. The van der Waals surface area contributed by atoms with Crippen LogP contribution in [-0.2, 0) is 20.9 Å². The van der Waals surface area contributed by atoms with Gasteiger partial charge in [-0.15, -0.1) is 0 Å². The molecule has 0 saturated heterocycles. The van der Waals surface area contributed by atoms with E-state index in [2.05, 4.69) is 10.9 Å². The van der Waals surface area contributed by atoms with E-state index in [9.17, 15) is 14.4 Å². The number of nitrogens with zero attached hydrogens (tertiary/aromatic N) is 1. The number of hydrazine groups is 1. The van der Waals surface area contributed by atoms with Gasteiger partial charge >= 0.3 is 12.2 Å². The second-order valence-electron chi connectivity index (χ2n) is 6.07. The standard InChI is InChI=1S/C16H23N3O5/c1-16(2,3)24-15(22)19(4)10-13(20)17-18-14(21)23-11-12-8-6-5-7-9-12/h5-9H,10-11H2,1-4H3,(H,17,20)(H,18,21). The van der Waals surface area contributed by atoms with Crippen LogP contribution in [0.3, 0.4) is 0 Å². The van der Waals surface area contributed by atoms with E-state index in [4.69, 9.17) is 9.47 Å². The molecule has 8 nitrogen and oxygen atoms in total. The average Bonchev–Trinajstić information content (AvgIpc) is 2.50. The van der Waals surface area contributed by atoms with Crippen molar-refractivity contribution in [2.75, 3.05) is 13.6 Å². The summed E-state index contributed by atoms with van der Waals surface area (Å²) in [6.45, 7) is 4.99. The van der Waals surface area contributed by atoms with Crippen LogP contribution in [0.25, 0.3) is 0 Å². The van der Waals surface area contributed by atoms with Gasteiger partial charge in [0, 0.05) is 7.05 Å². The Hall–Kier alpha value is -2.77. The van der Waals surface area contributed by atoms with Crippen molar-refractivity contribution in [1.29, 1.82) is 0 Å². The molecule has 1 rings (SSSR count). The summed E-state index contributed by atoms with van der Waals surface area (Å²) in [7, 11) is 1.42. The Balaban J connectivity index is 2.27. The van der Waals surface area contributed by atoms with Crippen molar-refractivity contribution in [3.8, 4) is 0 Å². The lowest BCUT2D eigenvalue weighted by Gasteiger charge is -2.24. The van der Waals surface area contributed by atoms with Gasteiger partial charge in [0.15, 0.2) is 0 Å². The van der Waals surface area contributed by atoms with Gasteiger partial charge in [-0.05, 0) is 26.3 Å². The van der Waals surface area contributed by atoms with Crippen molar-refractivity contribution >= 4 is 18.1 Å². The van der Waals surface area contributed by atoms with Crippen LogP contribution in [0.2, 0.25) is 0 Å². The third-order valence-corrected chi connectivity index (χ3v) is 2.60. The molecule has 0 radical (unpaired) electrons. The number of rotatable bonds is 4. The Morgan fingerprint density at radius 3 is 2.29 bits per heavy atom. The van der Waals surface area contributed by atoms with Gasteiger partial charge in [-0.2, -0.15) is 0 Å². The van der Waals surface area contributed by atoms with Gasteiger partial charge in [-0.25, -0.2) is 15.0 Å². The fourth-order valence-electron chi connectivity index (χ4n) is 1.54. The van der Waals surface area contributed by atoms with Crippen LogP contribution < -0.4 is 10.9 Å². The molecule has 0 spiro atoms. The first kappa shape index (κ1) is 19.3. The quantitative estimate of drug-likeness (QED) is 0.817. The lowest BCUT2D eigenvalue weighted by Crippen LogP contribution is -2.47. The molecule has 2 N–H and O–H groups in total. The van der Waals surface area contributed by atoms with Crippen LogP contribution in [0.4, 0.5) is 9.59 Å². The highest BCUT2D eigenvalue weighted by Crippen LogP contribution is 2.08. The molecule has 0 saturated carbocycles. The topological polar surface area (TPSA) is 97.0 Å². The van der Waals surface area contributed by atoms with Crippen molar-refractivity contribution < 1.29 is 23.9 Å². The normalized spacial score (nSPS) is 10.5. The molecule has 0 unspecified atom stereocenters. The van der Waals surface area contributed by atoms with Gasteiger partial charge in [0.2, 0.25) is 0 Å². The molecular formula is C16H23N3O5. The van der Waals surface area contributed by atoms with Crippen LogP contribution in [0.5, 0.6) is 0 Å². The zero-order valence-electron chi connectivity index (χ0n) is 14.3. The molecule has 0 fully saturated rings. The van der Waals surface area contributed by atoms with Crippen molar-refractivity contribution in [3.05, 3.63) is 35.9 Å². The van der Waals surface area contributed by atoms with E-state index in [0.29, 0.717) is 0 Å². The minimum atomic E-state index is -0.799. The van der Waals surface area contributed by atoms with Gasteiger partial charge in [0.25, 0.3) is 5.91 Å². The molecule has 0 atom stereocenters. The number of hydrogen-bond donors (Lipinski definition) is 2. The number of likely N-dealkylation sites (N-methyl/N-ethyl adjacent to an activating group) is 1. The van der Waals surface area contributed by atoms with Crippen LogP contribution in [0.1, 0.15) is 26.3 Å². The average molecular weight is 337 g/mol. The third-order valence-electron chi connectivity index (χ3n) is 2.60. The SMILES string of the molecule is CN(CC(=O)NNC(=O)OCc1ccccc1)C(=O)OC(C)(C)C. The van der Waals surface area contributed by atoms with Crippen LogP contribution in [0.15, 0.2) is 30.3 Å². The van der Waals surface area contributed by atoms with Gasteiger partial charge < -0.3 is 14.4 Å². The molecule has 0 aromatic heterocycles. The molecule has 8 heteroatoms. The van der Waals surface area contributed by atoms with Crippen LogP contribution >= 0.6 is 0 Å². The summed E-state index contributed by atoms with van der Waals surface area (Å²) in [4.78, 5) is 35.9. The summed E-state index contributed by atoms with van der Waals surface area (Å²) in [6, 6.07) is 9.12. The zero-order chi connectivity index (χ0) is 18.2. The highest BCUT2D eigenvalue weighted by atomic mass is 16.6. The molecular weight excluding hydrogens is 314 g/mol. The number of carbonyl (C=O) groups is 3. The summed E-state index contributed by atoms with van der Waals surface area (Å²) >= 11 is 0. The predicted octanol–water partition coefficient (Wildman–Crippen LogP) is 1.81. The minimum absolute atomic E-state index is 0.0837. The Morgan fingerprint density at radius 1 is 1.08 bits per heavy atom. The fraction of sp³-hybridized carbons (Fsp3) is 0.438. The maximum absolute atomic E-state index is 11.7. The van der Waals surface area contributed by atoms with Gasteiger partial charge in [-0.1, -0.05) is 30.3 Å². The van der Waals surface area contributed by atoms with Crippen LogP contribution in [-0.4, -0.2) is 42.2 Å². The lowest BCUT2D eigenvalue weighted by atomic mass is 10.2. The molecule has 0 aliphatic rings. The zero-order valence-corrected chi connectivity index (χ0v) is 14.3. The minimum Gasteiger partial charge on any atom is -0.444 e. The van der Waals surface area contributed by atoms with Crippen molar-refractivity contribution in [2.24, 2.45) is 0 Å². The smallest absolute Gasteiger partial charge is 0.426 e. The molecule has 0 heterocycles. The Kier molecular flexibility index (Phi) is 7.03. The number of benzene rings is 1. The van der Waals surface area contributed by atoms with E-state index in [1.165, 1.54) is 7.05 Å². The Labute approximate surface area is 141 Å². The molecule has 132 valence electrons. The van der Waals surface area contributed by atoms with E-state index in [0.717, 1.165) is 10.5 Å². The summed E-state index contributed by atoms with van der Waals surface area (Å²) in [6.07, 6.45) is -1.43. The van der Waals surface area contributed by atoms with E-state index < -0.39 is 23.7 Å². The first-order valence-electron chi connectivity index (χ1n) is 7.37. The van der Waals surface area contributed by atoms with Crippen molar-refractivity contribution in [1.82, 2.24) is 15.8 Å². The maximum atomic E-state index is 11.7. The second kappa shape index (κ2) is 8.76. The molecule has 0 bridgehead atoms. The first-order valence-corrected chi connectivity index (χ1v) is 7.37. The maximum Gasteiger partial charge on any atom is 0.426 e. The molecule has 1 aromatic rings. The van der Waals surface area contributed by atoms with E-state index in [1.54, 1.807) is 20.8 Å². The second-order valence-corrected chi connectivity index (χ2v) is 6.07. The summed E-state index contributed by atoms with van der Waals surface area (Å²) in [5.41, 5.74) is 4.43. The van der Waals surface area contributed by atoms with Crippen LogP contribution in [0, 0.1) is 0 Å². The number of ether oxygens (including phenoxy) is 2. The number of hydrogen-bond acceptors (Lipinski definition) is 5. The van der Waals surface area contributed by atoms with Gasteiger partial charge in [0.1, 0.15) is 18.8 Å². The molecule has 0 aliphatic heterocycles. The monoisotopic (exact) mass is 337 g/mol. The lowest BCUT2D eigenvalue weighted by molar-refractivity contribution is -0.122. The molecule has 3 amide bonds. The Bertz CT molecular complexity index is 569. The van der Waals surface area contributed by atoms with E-state index in [1.807, 2.05) is 30.3 Å². The van der Waals surface area contributed by atoms with Crippen molar-refractivity contribution in [3.63, 3.8) is 0 Å². The van der Waals surface area contributed by atoms with Gasteiger partial charge in [0.05, 0.1) is 0 Å². The highest BCUT2D eigenvalue weighted by Gasteiger charge is 2.21. The number of amides is 3. The first-order chi connectivity index (χ1) is 11.2. The summed E-state index contributed by atoms with van der Waals surface area (Å²) in [5.74, 6) is -0.583. The molecule has 24 heavy (non-hydrogen) atoms. The number of carbonyl (C=O) groups excluding carboxylic acids is 3.